The van der Waals surface area contributed by atoms with E-state index in [1.807, 2.05) is 0 Å². The maximum Gasteiger partial charge on any atom is 0.266 e. The molecular formula is C22H21ClF3N5O3S. The number of aromatic nitrogens is 2. The zero-order valence-electron chi connectivity index (χ0n) is 18.6. The van der Waals surface area contributed by atoms with Gasteiger partial charge in [-0.1, -0.05) is 11.6 Å². The van der Waals surface area contributed by atoms with Crippen molar-refractivity contribution in [1.29, 1.82) is 0 Å². The molecule has 0 radical (unpaired) electrons. The van der Waals surface area contributed by atoms with Crippen molar-refractivity contribution in [2.75, 3.05) is 34.3 Å². The van der Waals surface area contributed by atoms with Crippen LogP contribution >= 0.6 is 11.6 Å². The van der Waals surface area contributed by atoms with E-state index >= 15 is 0 Å². The predicted molar refractivity (Wildman–Crippen MR) is 128 cm³/mol. The van der Waals surface area contributed by atoms with Gasteiger partial charge in [0.15, 0.2) is 5.82 Å². The number of pyridine rings is 1. The average molecular weight is 528 g/mol. The number of carbonyl (C=O) groups excluding carboxylic acids is 1. The van der Waals surface area contributed by atoms with Crippen LogP contribution < -0.4 is 14.9 Å². The lowest BCUT2D eigenvalue weighted by Crippen LogP contribution is -2.25. The molecule has 186 valence electrons. The van der Waals surface area contributed by atoms with Gasteiger partial charge in [-0.2, -0.15) is 0 Å². The van der Waals surface area contributed by atoms with Gasteiger partial charge in [0.2, 0.25) is 10.0 Å². The maximum atomic E-state index is 14.9. The summed E-state index contributed by atoms with van der Waals surface area (Å²) in [4.78, 5) is 18.3. The van der Waals surface area contributed by atoms with E-state index in [4.69, 9.17) is 11.6 Å². The molecule has 8 nitrogen and oxygen atoms in total. The van der Waals surface area contributed by atoms with E-state index in [9.17, 15) is 26.4 Å². The number of halogens is 4. The van der Waals surface area contributed by atoms with Gasteiger partial charge in [0.25, 0.3) is 11.8 Å². The van der Waals surface area contributed by atoms with E-state index in [0.29, 0.717) is 5.69 Å². The van der Waals surface area contributed by atoms with Crippen LogP contribution in [-0.2, 0) is 17.1 Å². The van der Waals surface area contributed by atoms with Crippen LogP contribution in [-0.4, -0.2) is 49.1 Å². The lowest BCUT2D eigenvalue weighted by atomic mass is 10.2. The largest absolute Gasteiger partial charge is 0.364 e. The minimum Gasteiger partial charge on any atom is -0.364 e. The van der Waals surface area contributed by atoms with Crippen molar-refractivity contribution in [2.24, 2.45) is 7.05 Å². The number of nitrogens with zero attached hydrogens (tertiary/aromatic N) is 3. The Morgan fingerprint density at radius 3 is 2.51 bits per heavy atom. The van der Waals surface area contributed by atoms with E-state index < -0.39 is 34.2 Å². The molecule has 35 heavy (non-hydrogen) atoms. The molecule has 0 bridgehead atoms. The summed E-state index contributed by atoms with van der Waals surface area (Å²) < 4.78 is 68.6. The third-order valence-corrected chi connectivity index (χ3v) is 6.15. The van der Waals surface area contributed by atoms with Gasteiger partial charge in [0.1, 0.15) is 5.69 Å². The van der Waals surface area contributed by atoms with Gasteiger partial charge in [-0.05, 0) is 24.3 Å². The fourth-order valence-corrected chi connectivity index (χ4v) is 4.59. The highest BCUT2D eigenvalue weighted by atomic mass is 35.5. The molecule has 13 heteroatoms. The lowest BCUT2D eigenvalue weighted by molar-refractivity contribution is 0.0257. The number of hydrogen-bond acceptors (Lipinski definition) is 5. The molecule has 0 spiro atoms. The Labute approximate surface area is 204 Å². The first-order valence-corrected chi connectivity index (χ1v) is 12.6. The van der Waals surface area contributed by atoms with E-state index in [0.717, 1.165) is 12.3 Å². The number of anilines is 3. The average Bonchev–Trinajstić information content (AvgIpc) is 3.28. The minimum atomic E-state index is -3.55. The van der Waals surface area contributed by atoms with Gasteiger partial charge in [0.05, 0.1) is 41.6 Å². The molecule has 0 unspecified atom stereocenters. The Hall–Kier alpha value is -3.25. The number of benzene rings is 1. The second-order valence-corrected chi connectivity index (χ2v) is 10.5. The molecule has 1 aromatic carbocycles. The third kappa shape index (κ3) is 5.88. The van der Waals surface area contributed by atoms with E-state index in [1.165, 1.54) is 46.1 Å². The maximum absolute atomic E-state index is 14.9. The van der Waals surface area contributed by atoms with Crippen LogP contribution in [0.15, 0.2) is 42.7 Å². The Bertz CT molecular complexity index is 1410. The van der Waals surface area contributed by atoms with E-state index in [-0.39, 0.29) is 46.3 Å². The second kappa shape index (κ2) is 9.08. The van der Waals surface area contributed by atoms with Crippen LogP contribution in [0, 0.1) is 5.82 Å². The van der Waals surface area contributed by atoms with Crippen molar-refractivity contribution >= 4 is 44.6 Å². The molecule has 2 aromatic heterocycles. The molecule has 0 aliphatic carbocycles. The van der Waals surface area contributed by atoms with Gasteiger partial charge in [-0.25, -0.2) is 26.6 Å². The molecule has 0 saturated carbocycles. The van der Waals surface area contributed by atoms with Crippen molar-refractivity contribution in [2.45, 2.75) is 12.3 Å². The number of alkyl halides is 2. The number of sulfonamides is 1. The highest BCUT2D eigenvalue weighted by molar-refractivity contribution is 7.92. The molecule has 2 N–H and O–H groups in total. The summed E-state index contributed by atoms with van der Waals surface area (Å²) in [5.41, 5.74) is 1.13. The first-order chi connectivity index (χ1) is 16.3. The van der Waals surface area contributed by atoms with Crippen LogP contribution in [0.2, 0.25) is 5.02 Å². The molecule has 3 heterocycles. The quantitative estimate of drug-likeness (QED) is 0.497. The van der Waals surface area contributed by atoms with Crippen molar-refractivity contribution in [3.05, 3.63) is 59.1 Å². The standard InChI is InChI=1S/C22H21ClF3N5O3S/c1-30-11-13(21(32)28-15-6-14(23)7-16(8-15)29-35(2,33)34)5-19(30)20-18(24)9-17(10-27-20)31-4-3-22(25,26)12-31/h5-11,29H,3-4,12H2,1-2H3,(H,28,32). The normalized spacial score (nSPS) is 15.3. The fourth-order valence-electron chi connectivity index (χ4n) is 3.81. The Balaban J connectivity index is 1.55. The number of nitrogens with one attached hydrogen (secondary N) is 2. The topological polar surface area (TPSA) is 96.3 Å². The summed E-state index contributed by atoms with van der Waals surface area (Å²) in [5.74, 6) is -4.08. The molecule has 0 atom stereocenters. The van der Waals surface area contributed by atoms with Crippen LogP contribution in [0.1, 0.15) is 16.8 Å². The van der Waals surface area contributed by atoms with Crippen LogP contribution in [0.5, 0.6) is 0 Å². The predicted octanol–water partition coefficient (Wildman–Crippen LogP) is 4.35. The second-order valence-electron chi connectivity index (χ2n) is 8.33. The van der Waals surface area contributed by atoms with Crippen LogP contribution in [0.3, 0.4) is 0 Å². The fraction of sp³-hybridized carbons (Fsp3) is 0.273. The zero-order chi connectivity index (χ0) is 25.5. The molecule has 1 fully saturated rings. The van der Waals surface area contributed by atoms with Gasteiger partial charge in [-0.3, -0.25) is 9.52 Å². The number of amides is 1. The molecule has 1 aliphatic rings. The van der Waals surface area contributed by atoms with Crippen molar-refractivity contribution in [3.8, 4) is 11.4 Å². The SMILES string of the molecule is Cn1cc(C(=O)Nc2cc(Cl)cc(NS(C)(=O)=O)c2)cc1-c1ncc(N2CCC(F)(F)C2)cc1F. The monoisotopic (exact) mass is 527 g/mol. The number of carbonyl (C=O) groups is 1. The summed E-state index contributed by atoms with van der Waals surface area (Å²) in [6.07, 6.45) is 3.48. The smallest absolute Gasteiger partial charge is 0.266 e. The number of rotatable bonds is 6. The Kier molecular flexibility index (Phi) is 6.45. The summed E-state index contributed by atoms with van der Waals surface area (Å²) in [7, 11) is -1.94. The molecule has 1 saturated heterocycles. The Morgan fingerprint density at radius 1 is 1.17 bits per heavy atom. The molecular weight excluding hydrogens is 507 g/mol. The molecule has 4 rings (SSSR count). The highest BCUT2D eigenvalue weighted by Crippen LogP contribution is 2.32. The minimum absolute atomic E-state index is 0.0383. The van der Waals surface area contributed by atoms with Gasteiger partial charge < -0.3 is 14.8 Å². The van der Waals surface area contributed by atoms with Gasteiger partial charge in [-0.15, -0.1) is 0 Å². The van der Waals surface area contributed by atoms with Crippen LogP contribution in [0.25, 0.3) is 11.4 Å². The summed E-state index contributed by atoms with van der Waals surface area (Å²) >= 11 is 6.03. The summed E-state index contributed by atoms with van der Waals surface area (Å²) in [5, 5.41) is 2.82. The number of aryl methyl sites for hydroxylation is 1. The van der Waals surface area contributed by atoms with Crippen molar-refractivity contribution < 1.29 is 26.4 Å². The van der Waals surface area contributed by atoms with Crippen LogP contribution in [0.4, 0.5) is 30.2 Å². The van der Waals surface area contributed by atoms with Crippen molar-refractivity contribution in [3.63, 3.8) is 0 Å². The first kappa shape index (κ1) is 24.9. The van der Waals surface area contributed by atoms with E-state index in [2.05, 4.69) is 15.0 Å². The first-order valence-electron chi connectivity index (χ1n) is 10.3. The zero-order valence-corrected chi connectivity index (χ0v) is 20.2. The van der Waals surface area contributed by atoms with Crippen molar-refractivity contribution in [1.82, 2.24) is 9.55 Å². The number of hydrogen-bond donors (Lipinski definition) is 2. The van der Waals surface area contributed by atoms with E-state index in [1.54, 1.807) is 7.05 Å². The van der Waals surface area contributed by atoms with Gasteiger partial charge >= 0.3 is 0 Å². The highest BCUT2D eigenvalue weighted by Gasteiger charge is 2.38. The summed E-state index contributed by atoms with van der Waals surface area (Å²) in [6.45, 7) is -0.389. The summed E-state index contributed by atoms with van der Waals surface area (Å²) in [6, 6.07) is 6.82. The van der Waals surface area contributed by atoms with Gasteiger partial charge in [0, 0.05) is 43.0 Å². The lowest BCUT2D eigenvalue weighted by Gasteiger charge is -2.18. The third-order valence-electron chi connectivity index (χ3n) is 5.33. The molecule has 1 aliphatic heterocycles. The molecule has 3 aromatic rings. The Morgan fingerprint density at radius 2 is 1.89 bits per heavy atom. The molecule has 1 amide bonds.